The van der Waals surface area contributed by atoms with Crippen molar-refractivity contribution in [3.8, 4) is 17.1 Å². The smallest absolute Gasteiger partial charge is 0.419 e. The Morgan fingerprint density at radius 1 is 1.14 bits per heavy atom. The molecular formula is C15H10F4N2O. The summed E-state index contributed by atoms with van der Waals surface area (Å²) in [5, 5.41) is 0. The summed E-state index contributed by atoms with van der Waals surface area (Å²) in [6.45, 7) is 0. The Hall–Kier alpha value is -2.57. The number of benzene rings is 2. The van der Waals surface area contributed by atoms with Crippen molar-refractivity contribution in [3.05, 3.63) is 47.8 Å². The lowest BCUT2D eigenvalue weighted by atomic mass is 10.1. The number of halogens is 4. The Balaban J connectivity index is 2.24. The van der Waals surface area contributed by atoms with Gasteiger partial charge in [-0.05, 0) is 18.2 Å². The van der Waals surface area contributed by atoms with Gasteiger partial charge in [0.1, 0.15) is 17.4 Å². The van der Waals surface area contributed by atoms with Gasteiger partial charge in [0.2, 0.25) is 0 Å². The lowest BCUT2D eigenvalue weighted by Crippen LogP contribution is -2.09. The van der Waals surface area contributed by atoms with Crippen molar-refractivity contribution in [3.63, 3.8) is 0 Å². The Bertz CT molecular complexity index is 806. The average Bonchev–Trinajstić information content (AvgIpc) is 2.89. The van der Waals surface area contributed by atoms with E-state index >= 15 is 0 Å². The van der Waals surface area contributed by atoms with Crippen LogP contribution in [-0.2, 0) is 6.18 Å². The maximum atomic E-state index is 13.6. The van der Waals surface area contributed by atoms with E-state index in [0.29, 0.717) is 23.2 Å². The summed E-state index contributed by atoms with van der Waals surface area (Å²) in [5.74, 6) is -1.22. The molecule has 1 aromatic heterocycles. The van der Waals surface area contributed by atoms with Gasteiger partial charge in [0.25, 0.3) is 0 Å². The SMILES string of the molecule is COc1cc(F)c(C(F)(F)F)cc1-c1nc2ccccc2[nH]1. The maximum absolute atomic E-state index is 13.6. The number of nitrogens with zero attached hydrogens (tertiary/aromatic N) is 1. The van der Waals surface area contributed by atoms with E-state index in [1.807, 2.05) is 0 Å². The minimum atomic E-state index is -4.79. The number of hydrogen-bond acceptors (Lipinski definition) is 2. The van der Waals surface area contributed by atoms with Crippen LogP contribution in [0.1, 0.15) is 5.56 Å². The van der Waals surface area contributed by atoms with Gasteiger partial charge in [0, 0.05) is 6.07 Å². The van der Waals surface area contributed by atoms with Gasteiger partial charge in [-0.1, -0.05) is 12.1 Å². The number of fused-ring (bicyclic) bond motifs is 1. The monoisotopic (exact) mass is 310 g/mol. The lowest BCUT2D eigenvalue weighted by molar-refractivity contribution is -0.139. The van der Waals surface area contributed by atoms with Gasteiger partial charge >= 0.3 is 6.18 Å². The highest BCUT2D eigenvalue weighted by Crippen LogP contribution is 2.38. The molecule has 3 aromatic rings. The molecule has 0 fully saturated rings. The van der Waals surface area contributed by atoms with E-state index in [-0.39, 0.29) is 17.1 Å². The van der Waals surface area contributed by atoms with E-state index < -0.39 is 17.6 Å². The van der Waals surface area contributed by atoms with E-state index in [2.05, 4.69) is 9.97 Å². The van der Waals surface area contributed by atoms with E-state index in [9.17, 15) is 17.6 Å². The van der Waals surface area contributed by atoms with Crippen molar-refractivity contribution in [2.24, 2.45) is 0 Å². The van der Waals surface area contributed by atoms with Crippen molar-refractivity contribution < 1.29 is 22.3 Å². The summed E-state index contributed by atoms with van der Waals surface area (Å²) >= 11 is 0. The number of hydrogen-bond donors (Lipinski definition) is 1. The number of methoxy groups -OCH3 is 1. The number of aromatic nitrogens is 2. The van der Waals surface area contributed by atoms with Gasteiger partial charge < -0.3 is 9.72 Å². The first-order valence-electron chi connectivity index (χ1n) is 6.30. The molecule has 2 aromatic carbocycles. The summed E-state index contributed by atoms with van der Waals surface area (Å²) in [6.07, 6.45) is -4.79. The zero-order chi connectivity index (χ0) is 15.9. The third kappa shape index (κ3) is 2.38. The maximum Gasteiger partial charge on any atom is 0.419 e. The van der Waals surface area contributed by atoms with Crippen LogP contribution in [-0.4, -0.2) is 17.1 Å². The predicted molar refractivity (Wildman–Crippen MR) is 73.0 cm³/mol. The molecule has 114 valence electrons. The molecule has 0 bridgehead atoms. The topological polar surface area (TPSA) is 37.9 Å². The van der Waals surface area contributed by atoms with Crippen LogP contribution in [0.4, 0.5) is 17.6 Å². The fraction of sp³-hybridized carbons (Fsp3) is 0.133. The molecule has 3 rings (SSSR count). The Kier molecular flexibility index (Phi) is 3.27. The molecule has 0 aliphatic heterocycles. The minimum Gasteiger partial charge on any atom is -0.496 e. The number of rotatable bonds is 2. The first-order chi connectivity index (χ1) is 10.4. The van der Waals surface area contributed by atoms with Crippen molar-refractivity contribution in [1.29, 1.82) is 0 Å². The predicted octanol–water partition coefficient (Wildman–Crippen LogP) is 4.40. The number of ether oxygens (including phenoxy) is 1. The summed E-state index contributed by atoms with van der Waals surface area (Å²) in [6, 6.07) is 8.41. The first-order valence-corrected chi connectivity index (χ1v) is 6.30. The molecule has 0 aliphatic rings. The number of para-hydroxylation sites is 2. The highest BCUT2D eigenvalue weighted by molar-refractivity contribution is 5.80. The van der Waals surface area contributed by atoms with Gasteiger partial charge in [-0.25, -0.2) is 9.37 Å². The molecule has 7 heteroatoms. The molecule has 0 atom stereocenters. The van der Waals surface area contributed by atoms with Gasteiger partial charge in [-0.2, -0.15) is 13.2 Å². The fourth-order valence-electron chi connectivity index (χ4n) is 2.21. The Morgan fingerprint density at radius 3 is 2.50 bits per heavy atom. The van der Waals surface area contributed by atoms with E-state index in [0.717, 1.165) is 0 Å². The highest BCUT2D eigenvalue weighted by Gasteiger charge is 2.35. The summed E-state index contributed by atoms with van der Waals surface area (Å²) in [4.78, 5) is 7.12. The third-order valence-corrected chi connectivity index (χ3v) is 3.24. The average molecular weight is 310 g/mol. The number of imidazole rings is 1. The normalized spacial score (nSPS) is 11.9. The van der Waals surface area contributed by atoms with Crippen molar-refractivity contribution >= 4 is 11.0 Å². The lowest BCUT2D eigenvalue weighted by Gasteiger charge is -2.12. The van der Waals surface area contributed by atoms with Crippen molar-refractivity contribution in [1.82, 2.24) is 9.97 Å². The number of H-pyrrole nitrogens is 1. The number of aromatic amines is 1. The second kappa shape index (κ2) is 5.01. The van der Waals surface area contributed by atoms with E-state index in [1.54, 1.807) is 24.3 Å². The van der Waals surface area contributed by atoms with Crippen LogP contribution in [0.15, 0.2) is 36.4 Å². The standard InChI is InChI=1S/C15H10F4N2O/c1-22-13-7-10(16)9(15(17,18)19)6-8(13)14-20-11-4-2-3-5-12(11)21-14/h2-7H,1H3,(H,20,21). The number of alkyl halides is 3. The van der Waals surface area contributed by atoms with Crippen LogP contribution in [0, 0.1) is 5.82 Å². The van der Waals surface area contributed by atoms with Crippen LogP contribution < -0.4 is 4.74 Å². The molecule has 0 aliphatic carbocycles. The number of nitrogens with one attached hydrogen (secondary N) is 1. The van der Waals surface area contributed by atoms with Crippen LogP contribution in [0.5, 0.6) is 5.75 Å². The molecule has 0 unspecified atom stereocenters. The minimum absolute atomic E-state index is 0.0236. The quantitative estimate of drug-likeness (QED) is 0.713. The largest absolute Gasteiger partial charge is 0.496 e. The molecule has 0 saturated carbocycles. The highest BCUT2D eigenvalue weighted by atomic mass is 19.4. The molecule has 1 heterocycles. The molecule has 3 nitrogen and oxygen atoms in total. The van der Waals surface area contributed by atoms with Gasteiger partial charge in [-0.15, -0.1) is 0 Å². The first kappa shape index (κ1) is 14.4. The molecule has 1 N–H and O–H groups in total. The molecule has 0 saturated heterocycles. The zero-order valence-corrected chi connectivity index (χ0v) is 11.3. The summed E-state index contributed by atoms with van der Waals surface area (Å²) in [5.41, 5.74) is -0.0499. The van der Waals surface area contributed by atoms with Crippen molar-refractivity contribution in [2.45, 2.75) is 6.18 Å². The van der Waals surface area contributed by atoms with Crippen molar-refractivity contribution in [2.75, 3.05) is 7.11 Å². The third-order valence-electron chi connectivity index (χ3n) is 3.24. The van der Waals surface area contributed by atoms with Gasteiger partial charge in [-0.3, -0.25) is 0 Å². The fourth-order valence-corrected chi connectivity index (χ4v) is 2.21. The summed E-state index contributed by atoms with van der Waals surface area (Å²) < 4.78 is 57.2. The van der Waals surface area contributed by atoms with E-state index in [1.165, 1.54) is 7.11 Å². The van der Waals surface area contributed by atoms with Crippen LogP contribution in [0.2, 0.25) is 0 Å². The van der Waals surface area contributed by atoms with E-state index in [4.69, 9.17) is 4.74 Å². The molecule has 0 amide bonds. The summed E-state index contributed by atoms with van der Waals surface area (Å²) in [7, 11) is 1.26. The van der Waals surface area contributed by atoms with Gasteiger partial charge in [0.15, 0.2) is 0 Å². The second-order valence-electron chi connectivity index (χ2n) is 4.63. The van der Waals surface area contributed by atoms with Gasteiger partial charge in [0.05, 0.1) is 29.3 Å². The van der Waals surface area contributed by atoms with Crippen LogP contribution in [0.25, 0.3) is 22.4 Å². The second-order valence-corrected chi connectivity index (χ2v) is 4.63. The molecule has 22 heavy (non-hydrogen) atoms. The molecule has 0 radical (unpaired) electrons. The molecular weight excluding hydrogens is 300 g/mol. The van der Waals surface area contributed by atoms with Crippen LogP contribution >= 0.6 is 0 Å². The molecule has 0 spiro atoms. The Morgan fingerprint density at radius 2 is 1.86 bits per heavy atom. The Labute approximate surface area is 122 Å². The van der Waals surface area contributed by atoms with Crippen LogP contribution in [0.3, 0.4) is 0 Å². The zero-order valence-electron chi connectivity index (χ0n) is 11.3.